The zero-order valence-electron chi connectivity index (χ0n) is 15.7. The van der Waals surface area contributed by atoms with Gasteiger partial charge in [-0.1, -0.05) is 11.6 Å². The van der Waals surface area contributed by atoms with Gasteiger partial charge in [-0.05, 0) is 57.7 Å². The predicted octanol–water partition coefficient (Wildman–Crippen LogP) is 5.04. The zero-order chi connectivity index (χ0) is 17.8. The summed E-state index contributed by atoms with van der Waals surface area (Å²) in [6.45, 7) is 1.95. The van der Waals surface area contributed by atoms with Crippen molar-refractivity contribution in [3.63, 3.8) is 0 Å². The topological polar surface area (TPSA) is 50.3 Å². The molecule has 0 aliphatic rings. The van der Waals surface area contributed by atoms with Crippen LogP contribution in [-0.4, -0.2) is 49.2 Å². The Morgan fingerprint density at radius 1 is 1.04 bits per heavy atom. The summed E-state index contributed by atoms with van der Waals surface area (Å²) in [6, 6.07) is 9.51. The number of benzene rings is 1. The number of rotatable bonds is 7. The highest BCUT2D eigenvalue weighted by molar-refractivity contribution is 6.31. The molecule has 0 saturated heterocycles. The van der Waals surface area contributed by atoms with Crippen LogP contribution in [0.3, 0.4) is 0 Å². The molecule has 0 aliphatic carbocycles. The molecule has 0 bridgehead atoms. The van der Waals surface area contributed by atoms with Crippen LogP contribution in [0, 0.1) is 0 Å². The summed E-state index contributed by atoms with van der Waals surface area (Å²) in [6.07, 6.45) is 2.21. The molecule has 0 aliphatic heterocycles. The van der Waals surface area contributed by atoms with Crippen LogP contribution in [0.1, 0.15) is 12.8 Å². The third-order valence-electron chi connectivity index (χ3n) is 4.10. The normalized spacial score (nSPS) is 10.6. The van der Waals surface area contributed by atoms with E-state index in [0.29, 0.717) is 10.9 Å². The Kier molecular flexibility index (Phi) is 9.33. The summed E-state index contributed by atoms with van der Waals surface area (Å²) >= 11 is 6.21. The number of ether oxygens (including phenoxy) is 1. The average molecular weight is 432 g/mol. The van der Waals surface area contributed by atoms with Crippen LogP contribution in [0.5, 0.6) is 5.88 Å². The lowest BCUT2D eigenvalue weighted by atomic mass is 10.1. The van der Waals surface area contributed by atoms with Crippen molar-refractivity contribution in [2.24, 2.45) is 0 Å². The van der Waals surface area contributed by atoms with Crippen molar-refractivity contribution < 1.29 is 4.74 Å². The third-order valence-corrected chi connectivity index (χ3v) is 4.33. The number of fused-ring (bicyclic) bond motifs is 2. The molecule has 3 aromatic rings. The van der Waals surface area contributed by atoms with E-state index in [1.807, 2.05) is 30.3 Å². The molecule has 0 atom stereocenters. The van der Waals surface area contributed by atoms with E-state index >= 15 is 0 Å². The molecule has 0 amide bonds. The van der Waals surface area contributed by atoms with Gasteiger partial charge in [0.25, 0.3) is 0 Å². The molecule has 0 unspecified atom stereocenters. The fourth-order valence-electron chi connectivity index (χ4n) is 2.83. The van der Waals surface area contributed by atoms with Crippen LogP contribution in [0.2, 0.25) is 5.02 Å². The molecular formula is C19H25Cl3N4O. The van der Waals surface area contributed by atoms with Gasteiger partial charge in [0.15, 0.2) is 0 Å². The molecule has 27 heavy (non-hydrogen) atoms. The Morgan fingerprint density at radius 3 is 2.48 bits per heavy atom. The molecule has 0 fully saturated rings. The Morgan fingerprint density at radius 2 is 1.78 bits per heavy atom. The van der Waals surface area contributed by atoms with E-state index in [2.05, 4.69) is 29.3 Å². The van der Waals surface area contributed by atoms with E-state index in [1.54, 1.807) is 7.11 Å². The summed E-state index contributed by atoms with van der Waals surface area (Å²) in [5.41, 5.74) is 3.51. The molecule has 3 rings (SSSR count). The molecule has 1 N–H and O–H groups in total. The minimum atomic E-state index is 0. The van der Waals surface area contributed by atoms with E-state index in [-0.39, 0.29) is 24.8 Å². The number of methoxy groups -OCH3 is 1. The first kappa shape index (κ1) is 23.5. The highest BCUT2D eigenvalue weighted by atomic mass is 35.5. The molecular weight excluding hydrogens is 407 g/mol. The molecule has 0 saturated carbocycles. The first-order valence-corrected chi connectivity index (χ1v) is 8.79. The zero-order valence-corrected chi connectivity index (χ0v) is 18.0. The van der Waals surface area contributed by atoms with E-state index < -0.39 is 0 Å². The van der Waals surface area contributed by atoms with E-state index in [9.17, 15) is 0 Å². The first-order valence-electron chi connectivity index (χ1n) is 8.41. The highest BCUT2D eigenvalue weighted by Crippen LogP contribution is 2.32. The van der Waals surface area contributed by atoms with Gasteiger partial charge in [-0.15, -0.1) is 24.8 Å². The first-order chi connectivity index (χ1) is 12.1. The molecule has 2 aromatic heterocycles. The second kappa shape index (κ2) is 10.7. The maximum atomic E-state index is 6.21. The van der Waals surface area contributed by atoms with Gasteiger partial charge >= 0.3 is 0 Å². The molecule has 148 valence electrons. The number of anilines is 1. The van der Waals surface area contributed by atoms with Crippen LogP contribution >= 0.6 is 36.4 Å². The lowest BCUT2D eigenvalue weighted by Gasteiger charge is -2.14. The van der Waals surface area contributed by atoms with Crippen LogP contribution in [0.15, 0.2) is 30.3 Å². The monoisotopic (exact) mass is 430 g/mol. The van der Waals surface area contributed by atoms with E-state index in [4.69, 9.17) is 21.3 Å². The Hall–Kier alpha value is -1.53. The van der Waals surface area contributed by atoms with E-state index in [0.717, 1.165) is 53.6 Å². The van der Waals surface area contributed by atoms with Gasteiger partial charge in [0.1, 0.15) is 5.52 Å². The maximum Gasteiger partial charge on any atom is 0.213 e. The lowest BCUT2D eigenvalue weighted by Crippen LogP contribution is -2.14. The minimum Gasteiger partial charge on any atom is -0.481 e. The number of nitrogens with zero attached hydrogens (tertiary/aromatic N) is 3. The van der Waals surface area contributed by atoms with Gasteiger partial charge in [-0.3, -0.25) is 0 Å². The maximum absolute atomic E-state index is 6.21. The fourth-order valence-corrected chi connectivity index (χ4v) is 3.00. The van der Waals surface area contributed by atoms with Gasteiger partial charge in [-0.25, -0.2) is 9.97 Å². The average Bonchev–Trinajstić information content (AvgIpc) is 2.60. The van der Waals surface area contributed by atoms with E-state index in [1.165, 1.54) is 0 Å². The summed E-state index contributed by atoms with van der Waals surface area (Å²) in [5.74, 6) is 0.575. The standard InChI is InChI=1S/C19H23ClN4O.2ClH/c1-24(2)11-5-4-10-21-18-14-12-13(20)6-7-15(14)22-16-8-9-17(25-3)23-19(16)18;;/h6-9,12H,4-5,10-11H2,1-3H3,(H,21,22);2*1H. The Labute approximate surface area is 177 Å². The molecule has 8 heteroatoms. The van der Waals surface area contributed by atoms with Crippen LogP contribution in [-0.2, 0) is 0 Å². The van der Waals surface area contributed by atoms with Crippen LogP contribution in [0.4, 0.5) is 5.69 Å². The smallest absolute Gasteiger partial charge is 0.213 e. The number of pyridine rings is 2. The predicted molar refractivity (Wildman–Crippen MR) is 119 cm³/mol. The SMILES string of the molecule is COc1ccc2nc3ccc(Cl)cc3c(NCCCCN(C)C)c2n1.Cl.Cl. The molecule has 2 heterocycles. The van der Waals surface area contributed by atoms with Gasteiger partial charge in [-0.2, -0.15) is 0 Å². The van der Waals surface area contributed by atoms with Crippen molar-refractivity contribution in [1.82, 2.24) is 14.9 Å². The molecule has 5 nitrogen and oxygen atoms in total. The second-order valence-corrected chi connectivity index (χ2v) is 6.74. The fraction of sp³-hybridized carbons (Fsp3) is 0.368. The number of unbranched alkanes of at least 4 members (excludes halogenated alkanes) is 1. The van der Waals surface area contributed by atoms with Crippen LogP contribution < -0.4 is 10.1 Å². The Balaban J connectivity index is 0.00000182. The number of halogens is 3. The number of aromatic nitrogens is 2. The molecule has 0 spiro atoms. The van der Waals surface area contributed by atoms with Crippen molar-refractivity contribution >= 4 is 64.0 Å². The number of hydrogen-bond donors (Lipinski definition) is 1. The molecule has 1 aromatic carbocycles. The second-order valence-electron chi connectivity index (χ2n) is 6.31. The van der Waals surface area contributed by atoms with Crippen molar-refractivity contribution in [3.8, 4) is 5.88 Å². The summed E-state index contributed by atoms with van der Waals surface area (Å²) in [7, 11) is 5.80. The number of hydrogen-bond acceptors (Lipinski definition) is 5. The summed E-state index contributed by atoms with van der Waals surface area (Å²) < 4.78 is 5.28. The van der Waals surface area contributed by atoms with Crippen molar-refractivity contribution in [3.05, 3.63) is 35.4 Å². The van der Waals surface area contributed by atoms with Gasteiger partial charge < -0.3 is 15.0 Å². The minimum absolute atomic E-state index is 0. The van der Waals surface area contributed by atoms with Gasteiger partial charge in [0.2, 0.25) is 5.88 Å². The lowest BCUT2D eigenvalue weighted by molar-refractivity contribution is 0.396. The largest absolute Gasteiger partial charge is 0.481 e. The molecule has 0 radical (unpaired) electrons. The summed E-state index contributed by atoms with van der Waals surface area (Å²) in [5, 5.41) is 5.21. The van der Waals surface area contributed by atoms with Crippen molar-refractivity contribution in [2.75, 3.05) is 39.6 Å². The van der Waals surface area contributed by atoms with Crippen LogP contribution in [0.25, 0.3) is 21.9 Å². The summed E-state index contributed by atoms with van der Waals surface area (Å²) in [4.78, 5) is 11.5. The highest BCUT2D eigenvalue weighted by Gasteiger charge is 2.12. The quantitative estimate of drug-likeness (QED) is 0.419. The van der Waals surface area contributed by atoms with Gasteiger partial charge in [0.05, 0.1) is 23.8 Å². The number of nitrogens with one attached hydrogen (secondary N) is 1. The van der Waals surface area contributed by atoms with Crippen molar-refractivity contribution in [1.29, 1.82) is 0 Å². The van der Waals surface area contributed by atoms with Gasteiger partial charge in [0, 0.05) is 23.0 Å². The third kappa shape index (κ3) is 5.72. The Bertz CT molecular complexity index is 890. The van der Waals surface area contributed by atoms with Crippen molar-refractivity contribution in [2.45, 2.75) is 12.8 Å².